The van der Waals surface area contributed by atoms with Crippen LogP contribution >= 0.6 is 0 Å². The number of carbonyl (C=O) groups is 5. The molecular weight excluding hydrogens is 430 g/mol. The topological polar surface area (TPSA) is 194 Å². The molecule has 0 radical (unpaired) electrons. The van der Waals surface area contributed by atoms with Crippen LogP contribution in [0.15, 0.2) is 30.3 Å². The highest BCUT2D eigenvalue weighted by atomic mass is 16.4. The van der Waals surface area contributed by atoms with E-state index in [1.807, 2.05) is 13.8 Å². The second-order valence-corrected chi connectivity index (χ2v) is 8.16. The fourth-order valence-electron chi connectivity index (χ4n) is 3.07. The van der Waals surface area contributed by atoms with Gasteiger partial charge in [-0.2, -0.15) is 0 Å². The molecule has 182 valence electrons. The van der Waals surface area contributed by atoms with E-state index in [2.05, 4.69) is 16.0 Å². The first-order chi connectivity index (χ1) is 15.5. The van der Waals surface area contributed by atoms with Crippen molar-refractivity contribution >= 4 is 29.6 Å². The Morgan fingerprint density at radius 1 is 0.939 bits per heavy atom. The Morgan fingerprint density at radius 3 is 2.09 bits per heavy atom. The summed E-state index contributed by atoms with van der Waals surface area (Å²) in [5.41, 5.74) is 11.8. The Morgan fingerprint density at radius 2 is 1.55 bits per heavy atom. The maximum Gasteiger partial charge on any atom is 0.322 e. The lowest BCUT2D eigenvalue weighted by molar-refractivity contribution is -0.138. The fraction of sp³-hybridized carbons (Fsp3) is 0.500. The number of carbonyl (C=O) groups excluding carboxylic acids is 4. The molecule has 0 aliphatic carbocycles. The molecule has 0 spiro atoms. The van der Waals surface area contributed by atoms with Crippen LogP contribution in [0.4, 0.5) is 0 Å². The van der Waals surface area contributed by atoms with Crippen molar-refractivity contribution in [3.8, 4) is 0 Å². The third-order valence-corrected chi connectivity index (χ3v) is 4.70. The van der Waals surface area contributed by atoms with E-state index in [0.717, 1.165) is 5.56 Å². The molecule has 33 heavy (non-hydrogen) atoms. The quantitative estimate of drug-likeness (QED) is 0.204. The molecule has 0 saturated carbocycles. The molecule has 0 bridgehead atoms. The SMILES string of the molecule is CC(C)CC(N)C(=O)NC(CCC(N)=O)C(=O)NC(Cc1ccccc1)C(=O)NCC(=O)O. The summed E-state index contributed by atoms with van der Waals surface area (Å²) >= 11 is 0. The number of aliphatic carboxylic acids is 1. The van der Waals surface area contributed by atoms with Crippen LogP contribution in [0, 0.1) is 5.92 Å². The van der Waals surface area contributed by atoms with E-state index in [4.69, 9.17) is 16.6 Å². The van der Waals surface area contributed by atoms with Gasteiger partial charge in [0.05, 0.1) is 6.04 Å². The summed E-state index contributed by atoms with van der Waals surface area (Å²) in [7, 11) is 0. The highest BCUT2D eigenvalue weighted by Gasteiger charge is 2.29. The molecular formula is C22H33N5O6. The summed E-state index contributed by atoms with van der Waals surface area (Å²) < 4.78 is 0. The zero-order valence-electron chi connectivity index (χ0n) is 18.9. The lowest BCUT2D eigenvalue weighted by Gasteiger charge is -2.24. The Balaban J connectivity index is 3.00. The Bertz CT molecular complexity index is 830. The van der Waals surface area contributed by atoms with Crippen molar-refractivity contribution in [1.82, 2.24) is 16.0 Å². The summed E-state index contributed by atoms with van der Waals surface area (Å²) in [6.07, 6.45) is 0.216. The van der Waals surface area contributed by atoms with Gasteiger partial charge in [0.1, 0.15) is 18.6 Å². The number of carboxylic acid groups (broad SMARTS) is 1. The summed E-state index contributed by atoms with van der Waals surface area (Å²) in [6, 6.07) is 5.68. The van der Waals surface area contributed by atoms with Gasteiger partial charge in [0.2, 0.25) is 23.6 Å². The minimum absolute atomic E-state index is 0.0847. The maximum atomic E-state index is 13.0. The van der Waals surface area contributed by atoms with Gasteiger partial charge in [-0.3, -0.25) is 24.0 Å². The zero-order chi connectivity index (χ0) is 25.0. The molecule has 0 saturated heterocycles. The smallest absolute Gasteiger partial charge is 0.322 e. The average molecular weight is 464 g/mol. The molecule has 8 N–H and O–H groups in total. The minimum atomic E-state index is -1.24. The lowest BCUT2D eigenvalue weighted by atomic mass is 10.0. The van der Waals surface area contributed by atoms with Gasteiger partial charge < -0.3 is 32.5 Å². The van der Waals surface area contributed by atoms with Gasteiger partial charge in [-0.15, -0.1) is 0 Å². The van der Waals surface area contributed by atoms with Crippen LogP contribution in [-0.2, 0) is 30.4 Å². The normalized spacial score (nSPS) is 13.5. The number of hydrogen-bond donors (Lipinski definition) is 6. The van der Waals surface area contributed by atoms with Crippen LogP contribution in [0.1, 0.15) is 38.7 Å². The Kier molecular flexibility index (Phi) is 11.6. The molecule has 0 aliphatic heterocycles. The molecule has 3 atom stereocenters. The number of primary amides is 1. The summed E-state index contributed by atoms with van der Waals surface area (Å²) in [4.78, 5) is 60.0. The van der Waals surface area contributed by atoms with Crippen molar-refractivity contribution in [2.75, 3.05) is 6.54 Å². The van der Waals surface area contributed by atoms with Crippen LogP contribution in [0.5, 0.6) is 0 Å². The highest BCUT2D eigenvalue weighted by Crippen LogP contribution is 2.07. The average Bonchev–Trinajstić information content (AvgIpc) is 2.74. The first-order valence-electron chi connectivity index (χ1n) is 10.7. The zero-order valence-corrected chi connectivity index (χ0v) is 18.9. The Hall–Kier alpha value is -3.47. The Labute approximate surface area is 192 Å². The van der Waals surface area contributed by atoms with Crippen molar-refractivity contribution in [3.05, 3.63) is 35.9 Å². The molecule has 0 aliphatic rings. The van der Waals surface area contributed by atoms with E-state index in [9.17, 15) is 24.0 Å². The van der Waals surface area contributed by atoms with Crippen LogP contribution in [0.3, 0.4) is 0 Å². The molecule has 11 nitrogen and oxygen atoms in total. The molecule has 4 amide bonds. The van der Waals surface area contributed by atoms with Crippen molar-refractivity contribution < 1.29 is 29.1 Å². The molecule has 0 heterocycles. The van der Waals surface area contributed by atoms with Gasteiger partial charge >= 0.3 is 5.97 Å². The number of hydrogen-bond acceptors (Lipinski definition) is 6. The fourth-order valence-corrected chi connectivity index (χ4v) is 3.07. The second-order valence-electron chi connectivity index (χ2n) is 8.16. The summed E-state index contributed by atoms with van der Waals surface area (Å²) in [5, 5.41) is 16.1. The number of amides is 4. The second kappa shape index (κ2) is 13.8. The van der Waals surface area contributed by atoms with E-state index in [-0.39, 0.29) is 25.2 Å². The van der Waals surface area contributed by atoms with Crippen molar-refractivity contribution in [2.45, 2.75) is 57.7 Å². The van der Waals surface area contributed by atoms with Crippen LogP contribution in [-0.4, -0.2) is 59.4 Å². The predicted molar refractivity (Wildman–Crippen MR) is 121 cm³/mol. The van der Waals surface area contributed by atoms with Crippen LogP contribution in [0.2, 0.25) is 0 Å². The van der Waals surface area contributed by atoms with E-state index in [1.54, 1.807) is 30.3 Å². The summed E-state index contributed by atoms with van der Waals surface area (Å²) in [5.74, 6) is -3.73. The van der Waals surface area contributed by atoms with Crippen molar-refractivity contribution in [2.24, 2.45) is 17.4 Å². The van der Waals surface area contributed by atoms with Gasteiger partial charge in [-0.1, -0.05) is 44.2 Å². The van der Waals surface area contributed by atoms with Gasteiger partial charge in [-0.25, -0.2) is 0 Å². The number of benzene rings is 1. The minimum Gasteiger partial charge on any atom is -0.480 e. The third-order valence-electron chi connectivity index (χ3n) is 4.70. The standard InChI is InChI=1S/C22H33N5O6/c1-13(2)10-15(23)20(31)26-16(8-9-18(24)28)22(33)27-17(21(32)25-12-19(29)30)11-14-6-4-3-5-7-14/h3-7,13,15-17H,8-12,23H2,1-2H3,(H2,24,28)(H,25,32)(H,26,31)(H,27,33)(H,29,30). The molecule has 3 unspecified atom stereocenters. The largest absolute Gasteiger partial charge is 0.480 e. The van der Waals surface area contributed by atoms with Gasteiger partial charge in [0.25, 0.3) is 0 Å². The number of rotatable bonds is 14. The first kappa shape index (κ1) is 27.6. The predicted octanol–water partition coefficient (Wildman–Crippen LogP) is -0.962. The number of carboxylic acids is 1. The molecule has 0 aromatic heterocycles. The van der Waals surface area contributed by atoms with E-state index in [1.165, 1.54) is 0 Å². The molecule has 11 heteroatoms. The van der Waals surface area contributed by atoms with Crippen molar-refractivity contribution in [3.63, 3.8) is 0 Å². The molecule has 1 aromatic rings. The number of nitrogens with two attached hydrogens (primary N) is 2. The van der Waals surface area contributed by atoms with E-state index >= 15 is 0 Å². The van der Waals surface area contributed by atoms with Gasteiger partial charge in [0.15, 0.2) is 0 Å². The lowest BCUT2D eigenvalue weighted by Crippen LogP contribution is -2.56. The molecule has 1 rings (SSSR count). The van der Waals surface area contributed by atoms with Gasteiger partial charge in [0, 0.05) is 12.8 Å². The molecule has 0 fully saturated rings. The van der Waals surface area contributed by atoms with Crippen LogP contribution < -0.4 is 27.4 Å². The monoisotopic (exact) mass is 463 g/mol. The molecule has 1 aromatic carbocycles. The van der Waals surface area contributed by atoms with Gasteiger partial charge in [-0.05, 0) is 24.3 Å². The van der Waals surface area contributed by atoms with Crippen molar-refractivity contribution in [1.29, 1.82) is 0 Å². The maximum absolute atomic E-state index is 13.0. The van der Waals surface area contributed by atoms with E-state index in [0.29, 0.717) is 6.42 Å². The third kappa shape index (κ3) is 11.1. The number of nitrogens with one attached hydrogen (secondary N) is 3. The first-order valence-corrected chi connectivity index (χ1v) is 10.7. The highest BCUT2D eigenvalue weighted by molar-refractivity contribution is 5.94. The summed E-state index contributed by atoms with van der Waals surface area (Å²) in [6.45, 7) is 3.18. The van der Waals surface area contributed by atoms with E-state index < -0.39 is 54.3 Å². The van der Waals surface area contributed by atoms with Crippen LogP contribution in [0.25, 0.3) is 0 Å².